The minimum Gasteiger partial charge on any atom is -0.410 e. The van der Waals surface area contributed by atoms with Crippen LogP contribution in [0.4, 0.5) is 0 Å². The molecule has 0 aliphatic carbocycles. The number of imide groups is 1. The largest absolute Gasteiger partial charge is 0.410 e. The molecule has 0 aromatic heterocycles. The maximum atomic E-state index is 13.6. The molecule has 0 saturated carbocycles. The number of hydrogen-bond donors (Lipinski definition) is 1. The Balaban J connectivity index is 3.39. The minimum absolute atomic E-state index is 0.0156. The highest BCUT2D eigenvalue weighted by molar-refractivity contribution is 6.74. The van der Waals surface area contributed by atoms with Crippen molar-refractivity contribution in [2.45, 2.75) is 136 Å². The van der Waals surface area contributed by atoms with Gasteiger partial charge in [0.1, 0.15) is 6.10 Å². The van der Waals surface area contributed by atoms with Gasteiger partial charge in [0.2, 0.25) is 11.8 Å². The van der Waals surface area contributed by atoms with Crippen molar-refractivity contribution in [3.63, 3.8) is 0 Å². The zero-order chi connectivity index (χ0) is 33.2. The van der Waals surface area contributed by atoms with E-state index in [1.807, 2.05) is 19.1 Å². The summed E-state index contributed by atoms with van der Waals surface area (Å²) < 4.78 is 19.8. The first-order valence-electron chi connectivity index (χ1n) is 16.1. The maximum absolute atomic E-state index is 13.6. The zero-order valence-electron chi connectivity index (χ0n) is 29.2. The molecule has 0 aromatic carbocycles. The molecule has 0 aromatic rings. The molecule has 1 rings (SSSR count). The lowest BCUT2D eigenvalue weighted by Gasteiger charge is -2.42. The van der Waals surface area contributed by atoms with Crippen LogP contribution in [0.1, 0.15) is 81.6 Å². The lowest BCUT2D eigenvalue weighted by molar-refractivity contribution is -0.134. The van der Waals surface area contributed by atoms with Gasteiger partial charge in [0, 0.05) is 31.8 Å². The van der Waals surface area contributed by atoms with E-state index >= 15 is 0 Å². The van der Waals surface area contributed by atoms with E-state index < -0.39 is 22.6 Å². The quantitative estimate of drug-likeness (QED) is 0.0717. The van der Waals surface area contributed by atoms with Gasteiger partial charge in [-0.3, -0.25) is 19.7 Å². The first kappa shape index (κ1) is 39.4. The number of carbonyl (C=O) groups is 3. The first-order chi connectivity index (χ1) is 19.9. The Labute approximate surface area is 264 Å². The van der Waals surface area contributed by atoms with Crippen molar-refractivity contribution in [2.24, 2.45) is 17.8 Å². The van der Waals surface area contributed by atoms with Gasteiger partial charge in [-0.1, -0.05) is 73.6 Å². The maximum Gasteiger partial charge on any atom is 0.226 e. The number of ketones is 1. The van der Waals surface area contributed by atoms with Crippen LogP contribution < -0.4 is 5.32 Å². The van der Waals surface area contributed by atoms with Crippen molar-refractivity contribution >= 4 is 34.2 Å². The van der Waals surface area contributed by atoms with Crippen molar-refractivity contribution in [3.8, 4) is 0 Å². The Hall–Kier alpha value is -1.66. The van der Waals surface area contributed by atoms with Gasteiger partial charge in [-0.05, 0) is 67.2 Å². The molecule has 1 fully saturated rings. The third kappa shape index (κ3) is 11.3. The zero-order valence-corrected chi connectivity index (χ0v) is 31.2. The number of ether oxygens (including phenoxy) is 1. The molecular weight excluding hydrogens is 575 g/mol. The van der Waals surface area contributed by atoms with Crippen LogP contribution in [0.3, 0.4) is 0 Å². The third-order valence-corrected chi connectivity index (χ3v) is 18.8. The van der Waals surface area contributed by atoms with E-state index in [0.29, 0.717) is 19.3 Å². The molecule has 246 valence electrons. The highest BCUT2D eigenvalue weighted by Crippen LogP contribution is 2.39. The average Bonchev–Trinajstić information content (AvgIpc) is 2.92. The first-order valence-corrected chi connectivity index (χ1v) is 21.6. The molecule has 1 saturated heterocycles. The summed E-state index contributed by atoms with van der Waals surface area (Å²) in [6.45, 7) is 28.0. The van der Waals surface area contributed by atoms with Crippen LogP contribution in [-0.2, 0) is 28.0 Å². The van der Waals surface area contributed by atoms with Gasteiger partial charge in [-0.2, -0.15) is 0 Å². The highest BCUT2D eigenvalue weighted by atomic mass is 28.4. The summed E-state index contributed by atoms with van der Waals surface area (Å²) in [5.74, 6) is -1.01. The molecule has 1 aliphatic heterocycles. The summed E-state index contributed by atoms with van der Waals surface area (Å²) >= 11 is 0. The Morgan fingerprint density at radius 1 is 1.05 bits per heavy atom. The van der Waals surface area contributed by atoms with Gasteiger partial charge < -0.3 is 13.6 Å². The topological polar surface area (TPSA) is 90.9 Å². The van der Waals surface area contributed by atoms with Crippen LogP contribution in [0.2, 0.25) is 36.3 Å². The summed E-state index contributed by atoms with van der Waals surface area (Å²) in [7, 11) is -2.50. The number of carbonyl (C=O) groups excluding carboxylic acids is 3. The van der Waals surface area contributed by atoms with Gasteiger partial charge in [-0.25, -0.2) is 0 Å². The van der Waals surface area contributed by atoms with Crippen molar-refractivity contribution in [3.05, 3.63) is 36.5 Å². The van der Waals surface area contributed by atoms with Crippen molar-refractivity contribution in [1.82, 2.24) is 5.32 Å². The van der Waals surface area contributed by atoms with Crippen LogP contribution in [0, 0.1) is 17.8 Å². The molecule has 43 heavy (non-hydrogen) atoms. The Kier molecular flexibility index (Phi) is 15.7. The van der Waals surface area contributed by atoms with Crippen LogP contribution >= 0.6 is 0 Å². The summed E-state index contributed by atoms with van der Waals surface area (Å²) in [6.07, 6.45) is 7.68. The van der Waals surface area contributed by atoms with E-state index in [4.69, 9.17) is 13.6 Å². The van der Waals surface area contributed by atoms with Gasteiger partial charge >= 0.3 is 0 Å². The predicted octanol–water partition coefficient (Wildman–Crippen LogP) is 7.75. The van der Waals surface area contributed by atoms with Crippen LogP contribution in [0.5, 0.6) is 0 Å². The number of amides is 2. The fourth-order valence-electron chi connectivity index (χ4n) is 5.52. The standard InChI is InChI=1S/C34H61NO6Si2/c1-14-29(39-11)33(40-42(12,13)34(8,9)10)25(6)21-24(5)32(41-43(15-2,16-3)17-4)26(7)28(36)20-18-19-27-22-30(37)35-31(38)23-27/h14,18,20-21,25-27,29,32-33H,1,15-17,19,22-23H2,2-13H3,(H,35,37,38)/b20-18+,24-21-/t25-,26-,29+,32+,33+/m1/s1. The van der Waals surface area contributed by atoms with Crippen molar-refractivity contribution in [1.29, 1.82) is 0 Å². The van der Waals surface area contributed by atoms with Crippen molar-refractivity contribution < 1.29 is 28.0 Å². The van der Waals surface area contributed by atoms with Gasteiger partial charge in [-0.15, -0.1) is 6.58 Å². The summed E-state index contributed by atoms with van der Waals surface area (Å²) in [4.78, 5) is 37.1. The van der Waals surface area contributed by atoms with E-state index in [9.17, 15) is 14.4 Å². The molecular formula is C34H61NO6Si2. The minimum atomic E-state index is -2.13. The molecule has 1 aliphatic rings. The number of hydrogen-bond acceptors (Lipinski definition) is 6. The van der Waals surface area contributed by atoms with E-state index in [1.54, 1.807) is 13.2 Å². The molecule has 2 amide bonds. The van der Waals surface area contributed by atoms with Gasteiger partial charge in [0.25, 0.3) is 0 Å². The predicted molar refractivity (Wildman–Crippen MR) is 182 cm³/mol. The molecule has 0 bridgehead atoms. The summed E-state index contributed by atoms with van der Waals surface area (Å²) in [5, 5.41) is 2.37. The lowest BCUT2D eigenvalue weighted by Crippen LogP contribution is -2.49. The Bertz CT molecular complexity index is 987. The van der Waals surface area contributed by atoms with Crippen LogP contribution in [-0.4, -0.2) is 59.7 Å². The van der Waals surface area contributed by atoms with E-state index in [2.05, 4.69) is 86.5 Å². The Morgan fingerprint density at radius 2 is 1.58 bits per heavy atom. The number of nitrogens with one attached hydrogen (secondary N) is 1. The second kappa shape index (κ2) is 17.1. The molecule has 1 N–H and O–H groups in total. The second-order valence-electron chi connectivity index (χ2n) is 13.9. The van der Waals surface area contributed by atoms with Crippen LogP contribution in [0.25, 0.3) is 0 Å². The van der Waals surface area contributed by atoms with Crippen molar-refractivity contribution in [2.75, 3.05) is 7.11 Å². The molecule has 1 heterocycles. The smallest absolute Gasteiger partial charge is 0.226 e. The fraction of sp³-hybridized carbons (Fsp3) is 0.735. The second-order valence-corrected chi connectivity index (χ2v) is 23.4. The third-order valence-electron chi connectivity index (χ3n) is 9.75. The van der Waals surface area contributed by atoms with E-state index in [0.717, 1.165) is 23.7 Å². The molecule has 0 radical (unpaired) electrons. The van der Waals surface area contributed by atoms with Gasteiger partial charge in [0.15, 0.2) is 22.4 Å². The van der Waals surface area contributed by atoms with Gasteiger partial charge in [0.05, 0.1) is 12.2 Å². The Morgan fingerprint density at radius 3 is 2.02 bits per heavy atom. The summed E-state index contributed by atoms with van der Waals surface area (Å²) in [5.41, 5.74) is 1.02. The monoisotopic (exact) mass is 635 g/mol. The molecule has 7 nitrogen and oxygen atoms in total. The van der Waals surface area contributed by atoms with E-state index in [1.165, 1.54) is 0 Å². The molecule has 9 heteroatoms. The molecule has 0 spiro atoms. The number of allylic oxidation sites excluding steroid dienone is 2. The normalized spacial score (nSPS) is 19.6. The lowest BCUT2D eigenvalue weighted by atomic mass is 9.89. The average molecular weight is 636 g/mol. The van der Waals surface area contributed by atoms with E-state index in [-0.39, 0.29) is 52.8 Å². The highest BCUT2D eigenvalue weighted by Gasteiger charge is 2.42. The molecule has 5 atom stereocenters. The van der Waals surface area contributed by atoms with Crippen LogP contribution in [0.15, 0.2) is 36.5 Å². The number of rotatable bonds is 18. The number of methoxy groups -OCH3 is 1. The SMILES string of the molecule is C=C[C@H](OC)[C@@H](O[Si](C)(C)C(C)(C)C)[C@H](C)/C=C(/C)[C@H](O[Si](CC)(CC)CC)[C@H](C)C(=O)/C=C/CC1CC(=O)NC(=O)C1. The number of piperidine rings is 1. The summed E-state index contributed by atoms with van der Waals surface area (Å²) in [6, 6.07) is 2.94. The fourth-order valence-corrected chi connectivity index (χ4v) is 9.83. The molecule has 0 unspecified atom stereocenters.